The molecule has 0 aromatic heterocycles. The largest absolute Gasteiger partial charge is 0.486 e. The van der Waals surface area contributed by atoms with Crippen LogP contribution in [0.4, 0.5) is 0 Å². The topological polar surface area (TPSA) is 59.0 Å². The van der Waals surface area contributed by atoms with Gasteiger partial charge in [-0.2, -0.15) is 10.1 Å². The lowest BCUT2D eigenvalue weighted by Gasteiger charge is -2.13. The van der Waals surface area contributed by atoms with Gasteiger partial charge >= 0.3 is 0 Å². The van der Waals surface area contributed by atoms with Gasteiger partial charge in [0.1, 0.15) is 12.4 Å². The molecular weight excluding hydrogens is 583 g/mol. The number of carbonyl (C=O) groups excluding carboxylic acids is 2. The van der Waals surface area contributed by atoms with E-state index in [4.69, 9.17) is 27.9 Å². The highest BCUT2D eigenvalue weighted by molar-refractivity contribution is 9.11. The number of carbonyl (C=O) groups is 2. The lowest BCUT2D eigenvalue weighted by molar-refractivity contribution is -0.140. The highest BCUT2D eigenvalue weighted by Crippen LogP contribution is 2.52. The van der Waals surface area contributed by atoms with Crippen molar-refractivity contribution < 1.29 is 14.3 Å². The minimum atomic E-state index is -0.261. The molecule has 0 N–H and O–H groups in total. The molecule has 1 heterocycles. The first-order chi connectivity index (χ1) is 15.3. The smallest absolute Gasteiger partial charge is 0.254 e. The van der Waals surface area contributed by atoms with E-state index >= 15 is 0 Å². The van der Waals surface area contributed by atoms with E-state index in [2.05, 4.69) is 49.1 Å². The van der Waals surface area contributed by atoms with Gasteiger partial charge < -0.3 is 4.74 Å². The van der Waals surface area contributed by atoms with Gasteiger partial charge in [-0.05, 0) is 79.9 Å². The molecule has 2 aromatic carbocycles. The Morgan fingerprint density at radius 3 is 2.25 bits per heavy atom. The maximum atomic E-state index is 12.8. The third-order valence-corrected chi connectivity index (χ3v) is 7.94. The van der Waals surface area contributed by atoms with E-state index in [0.29, 0.717) is 30.3 Å². The van der Waals surface area contributed by atoms with Gasteiger partial charge in [0.15, 0.2) is 0 Å². The fourth-order valence-corrected chi connectivity index (χ4v) is 6.62. The van der Waals surface area contributed by atoms with Crippen LogP contribution in [0.2, 0.25) is 10.0 Å². The summed E-state index contributed by atoms with van der Waals surface area (Å²) in [6, 6.07) is 8.86. The van der Waals surface area contributed by atoms with E-state index in [9.17, 15) is 9.59 Å². The van der Waals surface area contributed by atoms with Crippen molar-refractivity contribution in [1.82, 2.24) is 5.01 Å². The number of ether oxygens (including phenoxy) is 1. The van der Waals surface area contributed by atoms with Crippen LogP contribution in [0, 0.1) is 23.7 Å². The molecule has 1 saturated heterocycles. The van der Waals surface area contributed by atoms with Gasteiger partial charge in [-0.15, -0.1) is 0 Å². The first-order valence-electron chi connectivity index (χ1n) is 9.99. The number of allylic oxidation sites excluding steroid dienone is 2. The first-order valence-corrected chi connectivity index (χ1v) is 12.3. The standard InChI is InChI=1S/C23H16Br2Cl2N2O3/c24-16-5-11(6-17(25)21(16)32-10-14-3-4-15(26)8-18(14)27)9-28-29-22(30)19-12-1-2-13(7-12)20(19)23(29)31/h1-6,8-9,12-13,19-20H,7,10H2/t12-,13-,19-,20+/m0/s1. The summed E-state index contributed by atoms with van der Waals surface area (Å²) in [4.78, 5) is 25.5. The quantitative estimate of drug-likeness (QED) is 0.233. The molecule has 4 atom stereocenters. The Labute approximate surface area is 211 Å². The van der Waals surface area contributed by atoms with Crippen LogP contribution in [0.5, 0.6) is 5.75 Å². The number of amides is 2. The van der Waals surface area contributed by atoms with Crippen molar-refractivity contribution in [3.05, 3.63) is 72.6 Å². The van der Waals surface area contributed by atoms with Crippen molar-refractivity contribution in [2.24, 2.45) is 28.8 Å². The zero-order chi connectivity index (χ0) is 22.6. The second kappa shape index (κ2) is 8.60. The van der Waals surface area contributed by atoms with Crippen molar-refractivity contribution in [1.29, 1.82) is 0 Å². The summed E-state index contributed by atoms with van der Waals surface area (Å²) in [6.45, 7) is 0.260. The highest BCUT2D eigenvalue weighted by atomic mass is 79.9. The Morgan fingerprint density at radius 1 is 1.03 bits per heavy atom. The molecule has 164 valence electrons. The maximum Gasteiger partial charge on any atom is 0.254 e. The van der Waals surface area contributed by atoms with Gasteiger partial charge in [-0.3, -0.25) is 9.59 Å². The van der Waals surface area contributed by atoms with Crippen molar-refractivity contribution >= 4 is 73.1 Å². The van der Waals surface area contributed by atoms with Crippen molar-refractivity contribution in [2.45, 2.75) is 13.0 Å². The van der Waals surface area contributed by atoms with Crippen molar-refractivity contribution in [3.63, 3.8) is 0 Å². The van der Waals surface area contributed by atoms with Crippen LogP contribution in [0.1, 0.15) is 17.5 Å². The van der Waals surface area contributed by atoms with E-state index in [-0.39, 0.29) is 42.1 Å². The number of fused-ring (bicyclic) bond motifs is 5. The van der Waals surface area contributed by atoms with Crippen LogP contribution >= 0.6 is 55.1 Å². The molecule has 5 nitrogen and oxygen atoms in total. The van der Waals surface area contributed by atoms with Crippen LogP contribution < -0.4 is 4.74 Å². The Kier molecular flexibility index (Phi) is 5.95. The summed E-state index contributed by atoms with van der Waals surface area (Å²) in [5.74, 6) is -0.00561. The average molecular weight is 599 g/mol. The molecule has 0 radical (unpaired) electrons. The summed E-state index contributed by atoms with van der Waals surface area (Å²) < 4.78 is 7.31. The third kappa shape index (κ3) is 3.83. The lowest BCUT2D eigenvalue weighted by Crippen LogP contribution is -2.28. The van der Waals surface area contributed by atoms with Crippen LogP contribution in [-0.2, 0) is 16.2 Å². The number of hydrogen-bond donors (Lipinski definition) is 0. The first kappa shape index (κ1) is 22.1. The van der Waals surface area contributed by atoms with Gasteiger partial charge in [0.05, 0.1) is 27.0 Å². The maximum absolute atomic E-state index is 12.8. The summed E-state index contributed by atoms with van der Waals surface area (Å²) in [6.07, 6.45) is 6.54. The van der Waals surface area contributed by atoms with Crippen LogP contribution in [0.15, 0.2) is 56.5 Å². The van der Waals surface area contributed by atoms with Crippen LogP contribution in [0.3, 0.4) is 0 Å². The molecule has 2 bridgehead atoms. The second-order valence-electron chi connectivity index (χ2n) is 8.07. The average Bonchev–Trinajstić information content (AvgIpc) is 3.42. The van der Waals surface area contributed by atoms with Gasteiger partial charge in [-0.1, -0.05) is 41.4 Å². The summed E-state index contributed by atoms with van der Waals surface area (Å²) in [5.41, 5.74) is 1.51. The minimum Gasteiger partial charge on any atom is -0.486 e. The van der Waals surface area contributed by atoms with Gasteiger partial charge in [0.25, 0.3) is 11.8 Å². The van der Waals surface area contributed by atoms with Crippen LogP contribution in [-0.4, -0.2) is 23.0 Å². The molecule has 1 aliphatic heterocycles. The molecule has 2 amide bonds. The minimum absolute atomic E-state index is 0.163. The molecule has 5 rings (SSSR count). The lowest BCUT2D eigenvalue weighted by atomic mass is 9.85. The molecule has 32 heavy (non-hydrogen) atoms. The predicted molar refractivity (Wildman–Crippen MR) is 130 cm³/mol. The fourth-order valence-electron chi connectivity index (χ4n) is 4.71. The summed E-state index contributed by atoms with van der Waals surface area (Å²) in [5, 5.41) is 6.36. The SMILES string of the molecule is O=C1[C@@H]2[C@H](C(=O)N1N=Cc1cc(Br)c(OCc3ccc(Cl)cc3Cl)c(Br)c1)[C@H]1C=C[C@H]2C1. The van der Waals surface area contributed by atoms with Crippen molar-refractivity contribution in [3.8, 4) is 5.75 Å². The zero-order valence-electron chi connectivity index (χ0n) is 16.5. The third-order valence-electron chi connectivity index (χ3n) is 6.18. The Hall–Kier alpha value is -1.67. The fraction of sp³-hybridized carbons (Fsp3) is 0.261. The van der Waals surface area contributed by atoms with E-state index in [0.717, 1.165) is 17.0 Å². The van der Waals surface area contributed by atoms with Crippen molar-refractivity contribution in [2.75, 3.05) is 0 Å². The molecular formula is C23H16Br2Cl2N2O3. The predicted octanol–water partition coefficient (Wildman–Crippen LogP) is 6.24. The monoisotopic (exact) mass is 596 g/mol. The number of hydrogen-bond acceptors (Lipinski definition) is 4. The molecule has 3 aliphatic rings. The summed E-state index contributed by atoms with van der Waals surface area (Å²) >= 11 is 19.2. The van der Waals surface area contributed by atoms with E-state index in [1.54, 1.807) is 12.1 Å². The van der Waals surface area contributed by atoms with Gasteiger partial charge in [0, 0.05) is 15.6 Å². The molecule has 0 unspecified atom stereocenters. The molecule has 2 aliphatic carbocycles. The number of nitrogens with zero attached hydrogens (tertiary/aromatic N) is 2. The number of hydrazone groups is 1. The Balaban J connectivity index is 1.31. The van der Waals surface area contributed by atoms with Crippen LogP contribution in [0.25, 0.3) is 0 Å². The second-order valence-corrected chi connectivity index (χ2v) is 10.6. The molecule has 2 fully saturated rings. The molecule has 0 spiro atoms. The molecule has 9 heteroatoms. The highest BCUT2D eigenvalue weighted by Gasteiger charge is 2.59. The molecule has 1 saturated carbocycles. The van der Waals surface area contributed by atoms with E-state index < -0.39 is 0 Å². The normalized spacial score (nSPS) is 25.9. The zero-order valence-corrected chi connectivity index (χ0v) is 21.2. The summed E-state index contributed by atoms with van der Waals surface area (Å²) in [7, 11) is 0. The Bertz CT molecular complexity index is 1150. The van der Waals surface area contributed by atoms with E-state index in [1.807, 2.05) is 18.2 Å². The Morgan fingerprint density at radius 2 is 1.66 bits per heavy atom. The van der Waals surface area contributed by atoms with Gasteiger partial charge in [0.2, 0.25) is 0 Å². The van der Waals surface area contributed by atoms with Gasteiger partial charge in [-0.25, -0.2) is 0 Å². The number of imide groups is 1. The number of halogens is 4. The molecule has 2 aromatic rings. The number of benzene rings is 2. The van der Waals surface area contributed by atoms with E-state index in [1.165, 1.54) is 6.21 Å². The number of rotatable bonds is 5.